The first-order valence-corrected chi connectivity index (χ1v) is 10.6. The molecule has 0 heterocycles. The number of amides is 1. The minimum absolute atomic E-state index is 0.138. The summed E-state index contributed by atoms with van der Waals surface area (Å²) >= 11 is 0. The van der Waals surface area contributed by atoms with Crippen molar-refractivity contribution >= 4 is 17.7 Å². The highest BCUT2D eigenvalue weighted by Gasteiger charge is 2.26. The van der Waals surface area contributed by atoms with Crippen molar-refractivity contribution in [2.75, 3.05) is 7.11 Å². The zero-order valence-corrected chi connectivity index (χ0v) is 18.0. The second-order valence-electron chi connectivity index (χ2n) is 8.27. The van der Waals surface area contributed by atoms with Gasteiger partial charge in [0.25, 0.3) is 0 Å². The molecule has 1 aliphatic carbocycles. The normalized spacial score (nSPS) is 17.7. The monoisotopic (exact) mass is 423 g/mol. The van der Waals surface area contributed by atoms with Crippen LogP contribution < -0.4 is 5.32 Å². The second-order valence-corrected chi connectivity index (χ2v) is 8.27. The van der Waals surface area contributed by atoms with E-state index < -0.39 is 17.9 Å². The number of nitrogens with one attached hydrogen (secondary N) is 1. The molecule has 3 unspecified atom stereocenters. The molecule has 0 radical (unpaired) electrons. The molecule has 2 aromatic carbocycles. The summed E-state index contributed by atoms with van der Waals surface area (Å²) in [5.74, 6) is -0.314. The lowest BCUT2D eigenvalue weighted by Crippen LogP contribution is -2.44. The Bertz CT molecular complexity index is 920. The van der Waals surface area contributed by atoms with Gasteiger partial charge in [-0.15, -0.1) is 0 Å². The van der Waals surface area contributed by atoms with Gasteiger partial charge in [0.2, 0.25) is 5.91 Å². The van der Waals surface area contributed by atoms with E-state index in [9.17, 15) is 19.5 Å². The maximum absolute atomic E-state index is 12.8. The number of phenols is 1. The van der Waals surface area contributed by atoms with Crippen molar-refractivity contribution in [1.82, 2.24) is 5.32 Å². The lowest BCUT2D eigenvalue weighted by atomic mass is 9.94. The number of hydrogen-bond donors (Lipinski definition) is 2. The lowest BCUT2D eigenvalue weighted by Gasteiger charge is -2.20. The molecule has 3 rings (SSSR count). The van der Waals surface area contributed by atoms with Gasteiger partial charge in [-0.25, -0.2) is 4.79 Å². The summed E-state index contributed by atoms with van der Waals surface area (Å²) in [6.45, 7) is 1.80. The van der Waals surface area contributed by atoms with Crippen LogP contribution >= 0.6 is 0 Å². The molecule has 0 saturated heterocycles. The highest BCUT2D eigenvalue weighted by atomic mass is 16.5. The molecular formula is C25H29NO5. The van der Waals surface area contributed by atoms with E-state index in [1.54, 1.807) is 19.1 Å². The Hall–Kier alpha value is -3.15. The van der Waals surface area contributed by atoms with E-state index in [0.29, 0.717) is 24.5 Å². The second kappa shape index (κ2) is 10.2. The van der Waals surface area contributed by atoms with Crippen molar-refractivity contribution in [1.29, 1.82) is 0 Å². The minimum Gasteiger partial charge on any atom is -0.508 e. The molecule has 0 aromatic heterocycles. The average molecular weight is 424 g/mol. The number of aromatic hydroxyl groups is 1. The van der Waals surface area contributed by atoms with Crippen LogP contribution in [-0.4, -0.2) is 35.9 Å². The van der Waals surface area contributed by atoms with Crippen LogP contribution in [0.4, 0.5) is 0 Å². The molecular weight excluding hydrogens is 394 g/mol. The zero-order chi connectivity index (χ0) is 22.4. The van der Waals surface area contributed by atoms with Crippen molar-refractivity contribution in [3.05, 3.63) is 65.2 Å². The number of carbonyl (C=O) groups excluding carboxylic acids is 3. The number of ether oxygens (including phenoxy) is 1. The number of ketones is 1. The predicted molar refractivity (Wildman–Crippen MR) is 117 cm³/mol. The van der Waals surface area contributed by atoms with E-state index >= 15 is 0 Å². The third kappa shape index (κ3) is 6.17. The van der Waals surface area contributed by atoms with E-state index in [2.05, 4.69) is 5.32 Å². The molecule has 2 aromatic rings. The summed E-state index contributed by atoms with van der Waals surface area (Å²) in [6.07, 6.45) is 3.45. The Morgan fingerprint density at radius 1 is 1.10 bits per heavy atom. The fourth-order valence-corrected chi connectivity index (χ4v) is 3.99. The van der Waals surface area contributed by atoms with Crippen LogP contribution in [0.15, 0.2) is 48.5 Å². The van der Waals surface area contributed by atoms with Gasteiger partial charge in [0.05, 0.1) is 13.0 Å². The van der Waals surface area contributed by atoms with Crippen LogP contribution in [0, 0.1) is 5.92 Å². The first-order valence-electron chi connectivity index (χ1n) is 10.6. The van der Waals surface area contributed by atoms with Gasteiger partial charge in [0.15, 0.2) is 0 Å². The summed E-state index contributed by atoms with van der Waals surface area (Å²) in [5, 5.41) is 12.2. The third-order valence-corrected chi connectivity index (χ3v) is 5.92. The molecule has 1 fully saturated rings. The first kappa shape index (κ1) is 22.5. The maximum atomic E-state index is 12.8. The molecule has 0 aliphatic heterocycles. The van der Waals surface area contributed by atoms with Crippen LogP contribution in [0.3, 0.4) is 0 Å². The van der Waals surface area contributed by atoms with Gasteiger partial charge in [0, 0.05) is 19.3 Å². The van der Waals surface area contributed by atoms with E-state index in [1.807, 2.05) is 24.3 Å². The summed E-state index contributed by atoms with van der Waals surface area (Å²) in [5.41, 5.74) is 2.82. The summed E-state index contributed by atoms with van der Waals surface area (Å²) in [6, 6.07) is 13.6. The summed E-state index contributed by atoms with van der Waals surface area (Å²) < 4.78 is 4.85. The number of carbonyl (C=O) groups is 3. The lowest BCUT2D eigenvalue weighted by molar-refractivity contribution is -0.145. The highest BCUT2D eigenvalue weighted by molar-refractivity contribution is 5.88. The van der Waals surface area contributed by atoms with Crippen molar-refractivity contribution in [2.24, 2.45) is 5.92 Å². The Labute approximate surface area is 182 Å². The molecule has 0 spiro atoms. The number of methoxy groups -OCH3 is 1. The van der Waals surface area contributed by atoms with Crippen molar-refractivity contribution < 1.29 is 24.2 Å². The van der Waals surface area contributed by atoms with E-state index in [-0.39, 0.29) is 18.1 Å². The molecule has 0 bridgehead atoms. The summed E-state index contributed by atoms with van der Waals surface area (Å²) in [7, 11) is 1.29. The Morgan fingerprint density at radius 3 is 2.32 bits per heavy atom. The van der Waals surface area contributed by atoms with Gasteiger partial charge in [-0.1, -0.05) is 36.4 Å². The minimum atomic E-state index is -0.816. The number of esters is 1. The standard InChI is InChI=1S/C25H29NO5/c1-16(20-8-3-17(4-9-20)13-19-7-12-22(28)14-19)24(29)26-23(25(30)31-2)15-18-5-10-21(27)11-6-18/h3-6,8-11,16,19,23,27H,7,12-15H2,1-2H3,(H,26,29). The molecule has 1 saturated carbocycles. The number of Topliss-reactive ketones (excluding diaryl/α,β-unsaturated/α-hetero) is 1. The number of benzene rings is 2. The van der Waals surface area contributed by atoms with Gasteiger partial charge in [-0.05, 0) is 54.5 Å². The zero-order valence-electron chi connectivity index (χ0n) is 18.0. The van der Waals surface area contributed by atoms with Gasteiger partial charge in [0.1, 0.15) is 17.6 Å². The van der Waals surface area contributed by atoms with Crippen LogP contribution in [-0.2, 0) is 32.0 Å². The van der Waals surface area contributed by atoms with Gasteiger partial charge in [-0.3, -0.25) is 9.59 Å². The molecule has 164 valence electrons. The van der Waals surface area contributed by atoms with E-state index in [0.717, 1.165) is 29.5 Å². The molecule has 2 N–H and O–H groups in total. The average Bonchev–Trinajstić information content (AvgIpc) is 3.18. The first-order chi connectivity index (χ1) is 14.9. The van der Waals surface area contributed by atoms with Crippen molar-refractivity contribution in [3.63, 3.8) is 0 Å². The predicted octanol–water partition coefficient (Wildman–Crippen LogP) is 3.31. The topological polar surface area (TPSA) is 92.7 Å². The van der Waals surface area contributed by atoms with Crippen LogP contribution in [0.1, 0.15) is 48.8 Å². The van der Waals surface area contributed by atoms with Gasteiger partial charge in [-0.2, -0.15) is 0 Å². The maximum Gasteiger partial charge on any atom is 0.328 e. The number of rotatable bonds is 8. The van der Waals surface area contributed by atoms with Gasteiger partial charge < -0.3 is 15.2 Å². The number of hydrogen-bond acceptors (Lipinski definition) is 5. The van der Waals surface area contributed by atoms with Crippen LogP contribution in [0.5, 0.6) is 5.75 Å². The third-order valence-electron chi connectivity index (χ3n) is 5.92. The highest BCUT2D eigenvalue weighted by Crippen LogP contribution is 2.26. The fraction of sp³-hybridized carbons (Fsp3) is 0.400. The summed E-state index contributed by atoms with van der Waals surface area (Å²) in [4.78, 5) is 36.5. The van der Waals surface area contributed by atoms with Crippen LogP contribution in [0.2, 0.25) is 0 Å². The quantitative estimate of drug-likeness (QED) is 0.636. The molecule has 6 heteroatoms. The van der Waals surface area contributed by atoms with Crippen LogP contribution in [0.25, 0.3) is 0 Å². The largest absolute Gasteiger partial charge is 0.508 e. The Morgan fingerprint density at radius 2 is 1.74 bits per heavy atom. The molecule has 1 aliphatic rings. The smallest absolute Gasteiger partial charge is 0.328 e. The molecule has 6 nitrogen and oxygen atoms in total. The van der Waals surface area contributed by atoms with E-state index in [4.69, 9.17) is 4.74 Å². The fourth-order valence-electron chi connectivity index (χ4n) is 3.99. The Balaban J connectivity index is 1.62. The van der Waals surface area contributed by atoms with Crippen molar-refractivity contribution in [2.45, 2.75) is 51.0 Å². The SMILES string of the molecule is COC(=O)C(Cc1ccc(O)cc1)NC(=O)C(C)c1ccc(CC2CCC(=O)C2)cc1. The van der Waals surface area contributed by atoms with Gasteiger partial charge >= 0.3 is 5.97 Å². The molecule has 1 amide bonds. The number of phenolic OH excluding ortho intramolecular Hbond substituents is 1. The van der Waals surface area contributed by atoms with E-state index in [1.165, 1.54) is 19.2 Å². The van der Waals surface area contributed by atoms with Crippen molar-refractivity contribution in [3.8, 4) is 5.75 Å². The molecule has 3 atom stereocenters. The Kier molecular flexibility index (Phi) is 7.45. The molecule has 31 heavy (non-hydrogen) atoms.